The number of benzene rings is 6. The van der Waals surface area contributed by atoms with E-state index in [4.69, 9.17) is 17.9 Å². The van der Waals surface area contributed by atoms with Gasteiger partial charge in [0.2, 0.25) is 0 Å². The van der Waals surface area contributed by atoms with Crippen LogP contribution in [-0.4, -0.2) is 25.7 Å². The van der Waals surface area contributed by atoms with Gasteiger partial charge in [-0.25, -0.2) is 17.5 Å². The molecule has 0 aliphatic carbocycles. The highest BCUT2D eigenvalue weighted by Gasteiger charge is 2.39. The molecule has 0 amide bonds. The first kappa shape index (κ1) is 30.6. The minimum Gasteiger partial charge on any atom is -0.302 e. The van der Waals surface area contributed by atoms with Crippen LogP contribution < -0.4 is 0 Å². The molecular formula is C32H28O9P2S. The van der Waals surface area contributed by atoms with E-state index in [1.165, 1.54) is 6.07 Å². The van der Waals surface area contributed by atoms with Gasteiger partial charge in [-0.2, -0.15) is 4.31 Å². The third-order valence-electron chi connectivity index (χ3n) is 7.10. The van der Waals surface area contributed by atoms with Crippen LogP contribution in [0.15, 0.2) is 120 Å². The summed E-state index contributed by atoms with van der Waals surface area (Å²) >= 11 is 0. The molecule has 1 unspecified atom stereocenters. The average Bonchev–Trinajstić information content (AvgIpc) is 3.02. The van der Waals surface area contributed by atoms with Crippen LogP contribution in [-0.2, 0) is 50.1 Å². The second kappa shape index (κ2) is 12.5. The average molecular weight is 651 g/mol. The van der Waals surface area contributed by atoms with Crippen molar-refractivity contribution in [3.8, 4) is 0 Å². The second-order valence-electron chi connectivity index (χ2n) is 10.1. The van der Waals surface area contributed by atoms with E-state index in [1.807, 2.05) is 36.4 Å². The summed E-state index contributed by atoms with van der Waals surface area (Å²) in [5, 5.41) is 5.21. The highest BCUT2D eigenvalue weighted by atomic mass is 32.2. The fraction of sp³-hybridized carbons (Fsp3) is 0.125. The maximum Gasteiger partial charge on any atom is 0.484 e. The van der Waals surface area contributed by atoms with Gasteiger partial charge in [-0.1, -0.05) is 109 Å². The fourth-order valence-electron chi connectivity index (χ4n) is 5.04. The number of hydrogen-bond acceptors (Lipinski definition) is 8. The van der Waals surface area contributed by atoms with E-state index in [9.17, 15) is 22.4 Å². The molecule has 226 valence electrons. The maximum absolute atomic E-state index is 13.5. The molecule has 0 spiro atoms. The third-order valence-corrected chi connectivity index (χ3v) is 11.9. The van der Waals surface area contributed by atoms with E-state index >= 15 is 0 Å². The summed E-state index contributed by atoms with van der Waals surface area (Å²) < 4.78 is 74.0. The Kier molecular flexibility index (Phi) is 8.70. The van der Waals surface area contributed by atoms with E-state index in [2.05, 4.69) is 0 Å². The minimum atomic E-state index is -5.11. The molecule has 0 radical (unpaired) electrons. The molecule has 0 aliphatic heterocycles. The first-order valence-electron chi connectivity index (χ1n) is 13.7. The first-order valence-corrected chi connectivity index (χ1v) is 18.3. The van der Waals surface area contributed by atoms with Crippen molar-refractivity contribution in [3.05, 3.63) is 126 Å². The van der Waals surface area contributed by atoms with E-state index in [1.54, 1.807) is 72.8 Å². The molecule has 6 rings (SSSR count). The molecule has 6 aromatic carbocycles. The van der Waals surface area contributed by atoms with Gasteiger partial charge in [0, 0.05) is 5.39 Å². The highest BCUT2D eigenvalue weighted by Crippen LogP contribution is 2.64. The van der Waals surface area contributed by atoms with E-state index in [0.29, 0.717) is 16.5 Å². The van der Waals surface area contributed by atoms with Gasteiger partial charge < -0.3 is 4.89 Å². The Morgan fingerprint density at radius 3 is 1.70 bits per heavy atom. The third kappa shape index (κ3) is 6.79. The van der Waals surface area contributed by atoms with Crippen molar-refractivity contribution in [2.75, 3.05) is 12.4 Å². The monoisotopic (exact) mass is 650 g/mol. The Morgan fingerprint density at radius 1 is 0.591 bits per heavy atom. The molecule has 0 bridgehead atoms. The molecule has 0 aromatic heterocycles. The van der Waals surface area contributed by atoms with Gasteiger partial charge in [0.1, 0.15) is 0 Å². The van der Waals surface area contributed by atoms with Crippen LogP contribution >= 0.6 is 15.6 Å². The lowest BCUT2D eigenvalue weighted by atomic mass is 9.94. The van der Waals surface area contributed by atoms with Gasteiger partial charge in [0.15, 0.2) is 9.84 Å². The Labute approximate surface area is 254 Å². The summed E-state index contributed by atoms with van der Waals surface area (Å²) in [6.45, 7) is -1.19. The van der Waals surface area contributed by atoms with Crippen LogP contribution in [0.1, 0.15) is 11.1 Å². The number of phosphoric acid groups is 2. The largest absolute Gasteiger partial charge is 0.484 e. The molecule has 6 aromatic rings. The Bertz CT molecular complexity index is 2060. The lowest BCUT2D eigenvalue weighted by molar-refractivity contribution is 0.120. The van der Waals surface area contributed by atoms with Gasteiger partial charge in [-0.05, 0) is 44.1 Å². The molecule has 0 heterocycles. The summed E-state index contributed by atoms with van der Waals surface area (Å²) in [4.78, 5) is 10.5. The quantitative estimate of drug-likeness (QED) is 0.0977. The van der Waals surface area contributed by atoms with Crippen molar-refractivity contribution in [3.63, 3.8) is 0 Å². The van der Waals surface area contributed by atoms with Crippen LogP contribution in [0.5, 0.6) is 0 Å². The second-order valence-corrected chi connectivity index (χ2v) is 15.4. The molecule has 1 atom stereocenters. The Balaban J connectivity index is 1.18. The van der Waals surface area contributed by atoms with Crippen molar-refractivity contribution in [1.82, 2.24) is 0 Å². The Morgan fingerprint density at radius 2 is 1.11 bits per heavy atom. The summed E-state index contributed by atoms with van der Waals surface area (Å²) in [6, 6.07) is 34.1. The smallest absolute Gasteiger partial charge is 0.302 e. The van der Waals surface area contributed by atoms with Gasteiger partial charge in [0.25, 0.3) is 0 Å². The lowest BCUT2D eigenvalue weighted by Crippen LogP contribution is -2.13. The fourth-order valence-corrected chi connectivity index (χ4v) is 9.06. The van der Waals surface area contributed by atoms with Crippen molar-refractivity contribution >= 4 is 57.8 Å². The number of rotatable bonds is 13. The molecule has 0 aliphatic rings. The molecule has 12 heteroatoms. The van der Waals surface area contributed by atoms with Crippen LogP contribution in [0, 0.1) is 0 Å². The van der Waals surface area contributed by atoms with Crippen molar-refractivity contribution < 1.29 is 40.3 Å². The predicted molar refractivity (Wildman–Crippen MR) is 169 cm³/mol. The van der Waals surface area contributed by atoms with Crippen LogP contribution in [0.25, 0.3) is 32.3 Å². The van der Waals surface area contributed by atoms with E-state index in [-0.39, 0.29) is 18.1 Å². The zero-order chi connectivity index (χ0) is 30.8. The van der Waals surface area contributed by atoms with Gasteiger partial charge in [-0.3, -0.25) is 13.6 Å². The topological polar surface area (TPSA) is 125 Å². The number of hydrogen-bond donors (Lipinski definition) is 1. The number of phosphoric ester groups is 2. The van der Waals surface area contributed by atoms with Crippen LogP contribution in [0.4, 0.5) is 0 Å². The normalized spacial score (nSPS) is 13.9. The van der Waals surface area contributed by atoms with Gasteiger partial charge in [0.05, 0.1) is 30.5 Å². The van der Waals surface area contributed by atoms with Gasteiger partial charge in [-0.15, -0.1) is 0 Å². The molecule has 0 fully saturated rings. The lowest BCUT2D eigenvalue weighted by Gasteiger charge is -2.20. The first-order chi connectivity index (χ1) is 21.1. The standard InChI is InChI=1S/C32H28O9P2S/c33-42(34,41-43(35,39-22-24-8-3-1-4-9-24)40-23-25-10-5-2-6-11-25)38-20-21-44(36,37)30-19-17-28-15-14-26-12-7-13-27-16-18-29(30)32(28)31(26)27/h1-19H,20-23H2,(H,33,34). The molecular weight excluding hydrogens is 622 g/mol. The predicted octanol–water partition coefficient (Wildman–Crippen LogP) is 8.03. The van der Waals surface area contributed by atoms with Crippen LogP contribution in [0.3, 0.4) is 0 Å². The zero-order valence-corrected chi connectivity index (χ0v) is 25.9. The van der Waals surface area contributed by atoms with E-state index in [0.717, 1.165) is 26.9 Å². The van der Waals surface area contributed by atoms with Gasteiger partial charge >= 0.3 is 15.6 Å². The molecule has 1 N–H and O–H groups in total. The molecule has 44 heavy (non-hydrogen) atoms. The van der Waals surface area contributed by atoms with Crippen LogP contribution in [0.2, 0.25) is 0 Å². The summed E-state index contributed by atoms with van der Waals surface area (Å²) in [7, 11) is -13.8. The van der Waals surface area contributed by atoms with Crippen molar-refractivity contribution in [2.45, 2.75) is 18.1 Å². The Hall–Kier alpha value is -3.43. The summed E-state index contributed by atoms with van der Waals surface area (Å²) in [5.74, 6) is -0.634. The maximum atomic E-state index is 13.5. The van der Waals surface area contributed by atoms with Crippen molar-refractivity contribution in [1.29, 1.82) is 0 Å². The summed E-state index contributed by atoms with van der Waals surface area (Å²) in [5.41, 5.74) is 1.24. The van der Waals surface area contributed by atoms with Crippen molar-refractivity contribution in [2.24, 2.45) is 0 Å². The minimum absolute atomic E-state index is 0.0728. The SMILES string of the molecule is O=P(O)(OCCS(=O)(=O)c1ccc2ccc3cccc4ccc1c2c34)OP(=O)(OCc1ccccc1)OCc1ccccc1. The number of sulfone groups is 1. The molecule has 0 saturated heterocycles. The zero-order valence-electron chi connectivity index (χ0n) is 23.3. The molecule has 9 nitrogen and oxygen atoms in total. The molecule has 0 saturated carbocycles. The van der Waals surface area contributed by atoms with E-state index < -0.39 is 37.8 Å². The highest BCUT2D eigenvalue weighted by molar-refractivity contribution is 7.91. The summed E-state index contributed by atoms with van der Waals surface area (Å²) in [6.07, 6.45) is 0.